The van der Waals surface area contributed by atoms with Crippen LogP contribution in [0.25, 0.3) is 0 Å². The van der Waals surface area contributed by atoms with Crippen LogP contribution in [0.15, 0.2) is 42.0 Å². The fourth-order valence-electron chi connectivity index (χ4n) is 4.82. The van der Waals surface area contributed by atoms with E-state index in [2.05, 4.69) is 5.32 Å². The third kappa shape index (κ3) is 7.11. The number of fused-ring (bicyclic) bond motifs is 1. The fraction of sp³-hybridized carbons (Fsp3) is 0.414. The van der Waals surface area contributed by atoms with Crippen LogP contribution in [0, 0.1) is 3.57 Å². The monoisotopic (exact) mass is 680 g/mol. The van der Waals surface area contributed by atoms with Crippen molar-refractivity contribution in [1.29, 1.82) is 0 Å². The number of halogens is 1. The van der Waals surface area contributed by atoms with Gasteiger partial charge >= 0.3 is 0 Å². The number of aliphatic hydroxyl groups excluding tert-OH is 2. The van der Waals surface area contributed by atoms with E-state index in [-0.39, 0.29) is 56.7 Å². The van der Waals surface area contributed by atoms with E-state index < -0.39 is 24.2 Å². The van der Waals surface area contributed by atoms with E-state index >= 15 is 0 Å². The Morgan fingerprint density at radius 1 is 1.22 bits per heavy atom. The lowest BCUT2D eigenvalue weighted by Gasteiger charge is -2.40. The van der Waals surface area contributed by atoms with Gasteiger partial charge in [-0.25, -0.2) is 0 Å². The quantitative estimate of drug-likeness (QED) is 0.228. The van der Waals surface area contributed by atoms with E-state index in [1.165, 1.54) is 19.3 Å². The second-order valence-electron chi connectivity index (χ2n) is 9.63. The second kappa shape index (κ2) is 14.0. The Morgan fingerprint density at radius 3 is 2.71 bits per heavy atom. The average Bonchev–Trinajstić information content (AvgIpc) is 3.44. The number of methoxy groups -OCH3 is 1. The third-order valence-corrected chi connectivity index (χ3v) is 7.63. The number of benzene rings is 2. The first-order valence-electron chi connectivity index (χ1n) is 13.2. The molecule has 3 atom stereocenters. The van der Waals surface area contributed by atoms with Crippen LogP contribution in [0.2, 0.25) is 0 Å². The van der Waals surface area contributed by atoms with Crippen LogP contribution in [-0.2, 0) is 16.1 Å². The summed E-state index contributed by atoms with van der Waals surface area (Å²) in [4.78, 5) is 39.5. The molecule has 2 aromatic rings. The first-order chi connectivity index (χ1) is 19.8. The van der Waals surface area contributed by atoms with Gasteiger partial charge in [-0.2, -0.15) is 0 Å². The topological polar surface area (TPSA) is 144 Å². The molecule has 3 N–H and O–H groups in total. The van der Waals surface area contributed by atoms with Crippen molar-refractivity contribution in [3.63, 3.8) is 0 Å². The molecule has 1 aliphatic heterocycles. The SMILES string of the molecule is CCCC(=O)N(Cc1ccc2c(c1)OCO2)C1CC(C(=O)NCCO)=CC(Oc2c(I)cc(C=O)cc2OC)C1O. The zero-order valence-corrected chi connectivity index (χ0v) is 25.0. The van der Waals surface area contributed by atoms with E-state index in [9.17, 15) is 24.6 Å². The standard InChI is InChI=1S/C29H33IN2O9/c1-3-4-26(35)32(14-17-5-6-22-23(10-17)40-16-39-22)21-12-19(29(37)31-7-8-33)13-24(27(21)36)41-28-20(30)9-18(15-34)11-25(28)38-2/h5-6,9-11,13,15,21,24,27,33,36H,3-4,7-8,12,14,16H2,1-2H3,(H,31,37). The molecule has 12 heteroatoms. The summed E-state index contributed by atoms with van der Waals surface area (Å²) in [5, 5.41) is 23.5. The molecular formula is C29H33IN2O9. The molecule has 0 aromatic heterocycles. The summed E-state index contributed by atoms with van der Waals surface area (Å²) < 4.78 is 23.2. The second-order valence-corrected chi connectivity index (χ2v) is 10.8. The molecule has 0 saturated carbocycles. The number of hydrogen-bond donors (Lipinski definition) is 3. The molecule has 2 aliphatic rings. The number of carbonyl (C=O) groups excluding carboxylic acids is 3. The lowest BCUT2D eigenvalue weighted by molar-refractivity contribution is -0.139. The van der Waals surface area contributed by atoms with Crippen LogP contribution < -0.4 is 24.3 Å². The van der Waals surface area contributed by atoms with Crippen LogP contribution in [0.5, 0.6) is 23.0 Å². The predicted molar refractivity (Wildman–Crippen MR) is 156 cm³/mol. The molecule has 0 spiro atoms. The van der Waals surface area contributed by atoms with Crippen LogP contribution in [-0.4, -0.2) is 78.5 Å². The molecule has 2 amide bonds. The zero-order chi connectivity index (χ0) is 29.5. The summed E-state index contributed by atoms with van der Waals surface area (Å²) >= 11 is 2.01. The highest BCUT2D eigenvalue weighted by molar-refractivity contribution is 14.1. The number of hydrogen-bond acceptors (Lipinski definition) is 9. The molecule has 1 heterocycles. The van der Waals surface area contributed by atoms with Gasteiger partial charge in [0.05, 0.1) is 23.3 Å². The van der Waals surface area contributed by atoms with Crippen molar-refractivity contribution < 1.29 is 43.5 Å². The van der Waals surface area contributed by atoms with Gasteiger partial charge in [0, 0.05) is 37.1 Å². The molecule has 11 nitrogen and oxygen atoms in total. The number of aldehydes is 1. The first-order valence-corrected chi connectivity index (χ1v) is 14.3. The Labute approximate surface area is 251 Å². The maximum Gasteiger partial charge on any atom is 0.247 e. The zero-order valence-electron chi connectivity index (χ0n) is 22.8. The van der Waals surface area contributed by atoms with Crippen LogP contribution >= 0.6 is 22.6 Å². The number of ether oxygens (including phenoxy) is 4. The number of nitrogens with one attached hydrogen (secondary N) is 1. The molecule has 4 rings (SSSR count). The first kappa shape index (κ1) is 30.6. The Balaban J connectivity index is 1.71. The minimum atomic E-state index is -1.22. The number of rotatable bonds is 12. The molecule has 3 unspecified atom stereocenters. The van der Waals surface area contributed by atoms with E-state index in [0.717, 1.165) is 5.56 Å². The van der Waals surface area contributed by atoms with Crippen molar-refractivity contribution in [2.75, 3.05) is 27.1 Å². The van der Waals surface area contributed by atoms with Crippen molar-refractivity contribution in [2.24, 2.45) is 0 Å². The predicted octanol–water partition coefficient (Wildman–Crippen LogP) is 2.59. The van der Waals surface area contributed by atoms with Crippen LogP contribution in [0.1, 0.15) is 42.1 Å². The van der Waals surface area contributed by atoms with Gasteiger partial charge in [-0.15, -0.1) is 0 Å². The van der Waals surface area contributed by atoms with Crippen molar-refractivity contribution >= 4 is 40.7 Å². The van der Waals surface area contributed by atoms with E-state index in [4.69, 9.17) is 18.9 Å². The third-order valence-electron chi connectivity index (χ3n) is 6.83. The number of amides is 2. The molecule has 2 aromatic carbocycles. The number of aliphatic hydroxyl groups is 2. The molecule has 41 heavy (non-hydrogen) atoms. The van der Waals surface area contributed by atoms with Gasteiger partial charge < -0.3 is 39.4 Å². The molecule has 0 radical (unpaired) electrons. The highest BCUT2D eigenvalue weighted by Gasteiger charge is 2.41. The molecule has 0 bridgehead atoms. The summed E-state index contributed by atoms with van der Waals surface area (Å²) in [6, 6.07) is 7.72. The van der Waals surface area contributed by atoms with Gasteiger partial charge in [0.2, 0.25) is 18.6 Å². The average molecular weight is 680 g/mol. The Kier molecular flexibility index (Phi) is 10.5. The van der Waals surface area contributed by atoms with Gasteiger partial charge in [-0.05, 0) is 64.9 Å². The normalized spacial score (nSPS) is 19.2. The molecule has 1 aliphatic carbocycles. The number of nitrogens with zero attached hydrogens (tertiary/aromatic N) is 1. The van der Waals surface area contributed by atoms with Crippen LogP contribution in [0.3, 0.4) is 0 Å². The van der Waals surface area contributed by atoms with Gasteiger partial charge in [-0.1, -0.05) is 13.0 Å². The summed E-state index contributed by atoms with van der Waals surface area (Å²) in [6.45, 7) is 1.97. The largest absolute Gasteiger partial charge is 0.493 e. The Hall–Kier alpha value is -3.36. The molecular weight excluding hydrogens is 647 g/mol. The van der Waals surface area contributed by atoms with Crippen LogP contribution in [0.4, 0.5) is 0 Å². The van der Waals surface area contributed by atoms with Crippen molar-refractivity contribution in [3.8, 4) is 23.0 Å². The Bertz CT molecular complexity index is 1320. The Morgan fingerprint density at radius 2 is 2.00 bits per heavy atom. The highest BCUT2D eigenvalue weighted by atomic mass is 127. The van der Waals surface area contributed by atoms with E-state index in [1.54, 1.807) is 23.1 Å². The summed E-state index contributed by atoms with van der Waals surface area (Å²) in [5.74, 6) is 1.13. The van der Waals surface area contributed by atoms with Gasteiger partial charge in [-0.3, -0.25) is 14.4 Å². The summed E-state index contributed by atoms with van der Waals surface area (Å²) in [6.07, 6.45) is 0.867. The summed E-state index contributed by atoms with van der Waals surface area (Å²) in [7, 11) is 1.44. The molecule has 220 valence electrons. The maximum absolute atomic E-state index is 13.5. The smallest absolute Gasteiger partial charge is 0.247 e. The minimum Gasteiger partial charge on any atom is -0.493 e. The number of carbonyl (C=O) groups is 3. The van der Waals surface area contributed by atoms with E-state index in [0.29, 0.717) is 38.9 Å². The minimum absolute atomic E-state index is 0.0451. The van der Waals surface area contributed by atoms with Crippen molar-refractivity contribution in [3.05, 3.63) is 56.7 Å². The van der Waals surface area contributed by atoms with Gasteiger partial charge in [0.25, 0.3) is 0 Å². The summed E-state index contributed by atoms with van der Waals surface area (Å²) in [5.41, 5.74) is 1.46. The van der Waals surface area contributed by atoms with Gasteiger partial charge in [0.15, 0.2) is 23.0 Å². The molecule has 0 saturated heterocycles. The lowest BCUT2D eigenvalue weighted by Crippen LogP contribution is -2.54. The maximum atomic E-state index is 13.5. The van der Waals surface area contributed by atoms with Crippen molar-refractivity contribution in [2.45, 2.75) is 51.0 Å². The molecule has 0 fully saturated rings. The highest BCUT2D eigenvalue weighted by Crippen LogP contribution is 2.38. The lowest BCUT2D eigenvalue weighted by atomic mass is 9.87. The van der Waals surface area contributed by atoms with Gasteiger partial charge in [0.1, 0.15) is 18.5 Å². The van der Waals surface area contributed by atoms with Crippen molar-refractivity contribution in [1.82, 2.24) is 10.2 Å². The van der Waals surface area contributed by atoms with E-state index in [1.807, 2.05) is 35.6 Å². The fourth-order valence-corrected chi connectivity index (χ4v) is 5.57.